The van der Waals surface area contributed by atoms with Crippen LogP contribution in [0, 0.1) is 5.92 Å². The van der Waals surface area contributed by atoms with Crippen LogP contribution >= 0.6 is 0 Å². The minimum absolute atomic E-state index is 0.135. The molecule has 1 rings (SSSR count). The summed E-state index contributed by atoms with van der Waals surface area (Å²) in [6.45, 7) is 3.51. The second-order valence-electron chi connectivity index (χ2n) is 2.22. The van der Waals surface area contributed by atoms with Crippen molar-refractivity contribution in [3.8, 4) is 0 Å². The number of hydrogen-bond acceptors (Lipinski definition) is 2. The van der Waals surface area contributed by atoms with E-state index in [1.165, 1.54) is 0 Å². The Morgan fingerprint density at radius 1 is 1.88 bits per heavy atom. The second-order valence-corrected chi connectivity index (χ2v) is 2.22. The third-order valence-corrected chi connectivity index (χ3v) is 1.50. The molecule has 0 aromatic carbocycles. The van der Waals surface area contributed by atoms with Crippen molar-refractivity contribution < 1.29 is 10.2 Å². The van der Waals surface area contributed by atoms with Gasteiger partial charge in [0, 0.05) is 5.92 Å². The van der Waals surface area contributed by atoms with Crippen LogP contribution in [0.4, 0.5) is 0 Å². The summed E-state index contributed by atoms with van der Waals surface area (Å²) in [6.07, 6.45) is 0.337. The van der Waals surface area contributed by atoms with E-state index in [-0.39, 0.29) is 12.5 Å². The van der Waals surface area contributed by atoms with Crippen LogP contribution in [0.3, 0.4) is 0 Å². The van der Waals surface area contributed by atoms with Crippen molar-refractivity contribution in [2.75, 3.05) is 6.61 Å². The summed E-state index contributed by atoms with van der Waals surface area (Å²) in [6, 6.07) is 0. The van der Waals surface area contributed by atoms with Gasteiger partial charge in [0.25, 0.3) is 0 Å². The molecular formula is C6H10O2. The molecule has 0 unspecified atom stereocenters. The molecule has 1 aliphatic rings. The Labute approximate surface area is 48.5 Å². The fraction of sp³-hybridized carbons (Fsp3) is 0.667. The second kappa shape index (κ2) is 1.88. The predicted molar refractivity (Wildman–Crippen MR) is 30.3 cm³/mol. The normalized spacial score (nSPS) is 30.2. The monoisotopic (exact) mass is 114 g/mol. The molecule has 46 valence electrons. The van der Waals surface area contributed by atoms with E-state index in [1.54, 1.807) is 0 Å². The summed E-state index contributed by atoms with van der Waals surface area (Å²) in [5.41, 5.74) is 1.06. The summed E-state index contributed by atoms with van der Waals surface area (Å²) in [7, 11) is 0. The Balaban J connectivity index is 2.28. The van der Waals surface area contributed by atoms with Crippen LogP contribution in [0.25, 0.3) is 0 Å². The van der Waals surface area contributed by atoms with Crippen LogP contribution in [-0.2, 0) is 0 Å². The molecule has 2 heteroatoms. The van der Waals surface area contributed by atoms with Crippen LogP contribution in [-0.4, -0.2) is 22.9 Å². The van der Waals surface area contributed by atoms with Crippen molar-refractivity contribution in [2.24, 2.45) is 5.92 Å². The van der Waals surface area contributed by atoms with Crippen molar-refractivity contribution in [1.29, 1.82) is 0 Å². The van der Waals surface area contributed by atoms with E-state index in [9.17, 15) is 0 Å². The van der Waals surface area contributed by atoms with E-state index in [4.69, 9.17) is 10.2 Å². The van der Waals surface area contributed by atoms with Gasteiger partial charge in [-0.2, -0.15) is 0 Å². The van der Waals surface area contributed by atoms with Crippen molar-refractivity contribution in [3.05, 3.63) is 12.2 Å². The van der Waals surface area contributed by atoms with Gasteiger partial charge < -0.3 is 10.2 Å². The van der Waals surface area contributed by atoms with Gasteiger partial charge in [-0.25, -0.2) is 0 Å². The molecular weight excluding hydrogens is 104 g/mol. The lowest BCUT2D eigenvalue weighted by Crippen LogP contribution is -2.13. The highest BCUT2D eigenvalue weighted by molar-refractivity contribution is 5.20. The van der Waals surface area contributed by atoms with Crippen molar-refractivity contribution in [2.45, 2.75) is 12.5 Å². The van der Waals surface area contributed by atoms with Gasteiger partial charge in [0.2, 0.25) is 0 Å². The van der Waals surface area contributed by atoms with E-state index < -0.39 is 6.10 Å². The van der Waals surface area contributed by atoms with E-state index in [0.717, 1.165) is 12.0 Å². The number of hydrogen-bond donors (Lipinski definition) is 2. The minimum Gasteiger partial charge on any atom is -0.394 e. The Kier molecular flexibility index (Phi) is 1.36. The highest BCUT2D eigenvalue weighted by Crippen LogP contribution is 2.38. The molecule has 8 heavy (non-hydrogen) atoms. The molecule has 0 aromatic rings. The fourth-order valence-corrected chi connectivity index (χ4v) is 0.759. The minimum atomic E-state index is -0.553. The van der Waals surface area contributed by atoms with Gasteiger partial charge in [0.15, 0.2) is 0 Å². The Hall–Kier alpha value is -0.340. The maximum atomic E-state index is 8.86. The third-order valence-electron chi connectivity index (χ3n) is 1.50. The van der Waals surface area contributed by atoms with Gasteiger partial charge in [0.1, 0.15) is 0 Å². The van der Waals surface area contributed by atoms with Gasteiger partial charge in [-0.05, 0) is 6.42 Å². The Morgan fingerprint density at radius 3 is 2.50 bits per heavy atom. The van der Waals surface area contributed by atoms with Crippen LogP contribution in [0.15, 0.2) is 12.2 Å². The summed E-state index contributed by atoms with van der Waals surface area (Å²) < 4.78 is 0. The summed E-state index contributed by atoms with van der Waals surface area (Å²) in [5.74, 6) is 0.194. The Bertz CT molecular complexity index is 109. The van der Waals surface area contributed by atoms with Gasteiger partial charge >= 0.3 is 0 Å². The van der Waals surface area contributed by atoms with E-state index >= 15 is 0 Å². The molecule has 0 heterocycles. The number of aliphatic hydroxyl groups excluding tert-OH is 2. The molecule has 1 aliphatic carbocycles. The van der Waals surface area contributed by atoms with Gasteiger partial charge in [-0.1, -0.05) is 12.2 Å². The molecule has 0 bridgehead atoms. The lowest BCUT2D eigenvalue weighted by Gasteiger charge is -2.00. The zero-order valence-electron chi connectivity index (χ0n) is 4.67. The summed E-state index contributed by atoms with van der Waals surface area (Å²) >= 11 is 0. The van der Waals surface area contributed by atoms with Crippen molar-refractivity contribution in [1.82, 2.24) is 0 Å². The van der Waals surface area contributed by atoms with Crippen molar-refractivity contribution in [3.63, 3.8) is 0 Å². The van der Waals surface area contributed by atoms with Gasteiger partial charge in [-0.15, -0.1) is 0 Å². The van der Waals surface area contributed by atoms with Crippen LogP contribution in [0.2, 0.25) is 0 Å². The molecule has 0 amide bonds. The van der Waals surface area contributed by atoms with Crippen LogP contribution < -0.4 is 0 Å². The molecule has 0 saturated heterocycles. The molecule has 1 fully saturated rings. The zero-order valence-corrected chi connectivity index (χ0v) is 4.67. The maximum absolute atomic E-state index is 8.86. The first-order chi connectivity index (χ1) is 3.75. The maximum Gasteiger partial charge on any atom is 0.0838 e. The summed E-state index contributed by atoms with van der Waals surface area (Å²) in [5, 5.41) is 17.2. The molecule has 2 atom stereocenters. The fourth-order valence-electron chi connectivity index (χ4n) is 0.759. The first-order valence-electron chi connectivity index (χ1n) is 2.72. The molecule has 2 N–H and O–H groups in total. The first kappa shape index (κ1) is 5.79. The average Bonchev–Trinajstić information content (AvgIpc) is 2.45. The van der Waals surface area contributed by atoms with Crippen molar-refractivity contribution >= 4 is 0 Å². The number of aliphatic hydroxyl groups is 2. The van der Waals surface area contributed by atoms with Crippen LogP contribution in [0.5, 0.6) is 0 Å². The molecule has 0 aliphatic heterocycles. The Morgan fingerprint density at radius 2 is 2.38 bits per heavy atom. The molecule has 0 radical (unpaired) electrons. The lowest BCUT2D eigenvalue weighted by atomic mass is 10.2. The third kappa shape index (κ3) is 0.904. The SMILES string of the molecule is C=C1C[C@@H]1[C@H](O)CO. The molecule has 0 aromatic heterocycles. The largest absolute Gasteiger partial charge is 0.394 e. The van der Waals surface area contributed by atoms with Gasteiger partial charge in [0.05, 0.1) is 12.7 Å². The van der Waals surface area contributed by atoms with E-state index in [1.807, 2.05) is 0 Å². The van der Waals surface area contributed by atoms with Crippen LogP contribution in [0.1, 0.15) is 6.42 Å². The highest BCUT2D eigenvalue weighted by Gasteiger charge is 2.33. The molecule has 1 saturated carbocycles. The first-order valence-corrected chi connectivity index (χ1v) is 2.72. The topological polar surface area (TPSA) is 40.5 Å². The predicted octanol–water partition coefficient (Wildman–Crippen LogP) is -0.0843. The number of rotatable bonds is 2. The smallest absolute Gasteiger partial charge is 0.0838 e. The quantitative estimate of drug-likeness (QED) is 0.493. The standard InChI is InChI=1S/C6H10O2/c1-4-2-5(4)6(8)3-7/h5-8H,1-3H2/t5-,6+/m0/s1. The van der Waals surface area contributed by atoms with E-state index in [2.05, 4.69) is 6.58 Å². The average molecular weight is 114 g/mol. The molecule has 2 nitrogen and oxygen atoms in total. The molecule has 0 spiro atoms. The zero-order chi connectivity index (χ0) is 6.15. The lowest BCUT2D eigenvalue weighted by molar-refractivity contribution is 0.0815. The highest BCUT2D eigenvalue weighted by atomic mass is 16.3. The van der Waals surface area contributed by atoms with E-state index in [0.29, 0.717) is 0 Å². The summed E-state index contributed by atoms with van der Waals surface area (Å²) in [4.78, 5) is 0. The van der Waals surface area contributed by atoms with Gasteiger partial charge in [-0.3, -0.25) is 0 Å².